The van der Waals surface area contributed by atoms with Crippen LogP contribution in [-0.2, 0) is 19.9 Å². The van der Waals surface area contributed by atoms with Crippen LogP contribution in [0.25, 0.3) is 10.9 Å². The van der Waals surface area contributed by atoms with Gasteiger partial charge < -0.3 is 4.74 Å². The zero-order valence-corrected chi connectivity index (χ0v) is 20.4. The van der Waals surface area contributed by atoms with Crippen LogP contribution in [0.2, 0.25) is 0 Å². The molecule has 2 aromatic rings. The van der Waals surface area contributed by atoms with Gasteiger partial charge in [0, 0.05) is 42.2 Å². The maximum absolute atomic E-state index is 15.9. The van der Waals surface area contributed by atoms with Gasteiger partial charge in [0.25, 0.3) is 0 Å². The van der Waals surface area contributed by atoms with Crippen LogP contribution < -0.4 is 5.32 Å². The Balaban J connectivity index is 0.00000126. The monoisotopic (exact) mass is 455 g/mol. The normalized spacial score (nSPS) is 29.4. The van der Waals surface area contributed by atoms with E-state index < -0.39 is 17.1 Å². The van der Waals surface area contributed by atoms with Crippen molar-refractivity contribution in [1.29, 1.82) is 0 Å². The molecule has 3 atom stereocenters. The van der Waals surface area contributed by atoms with Crippen molar-refractivity contribution < 1.29 is 18.7 Å². The van der Waals surface area contributed by atoms with E-state index in [1.165, 1.54) is 0 Å². The highest BCUT2D eigenvalue weighted by molar-refractivity contribution is 6.01. The summed E-state index contributed by atoms with van der Waals surface area (Å²) in [5.41, 5.74) is 1.48. The van der Waals surface area contributed by atoms with Crippen molar-refractivity contribution in [3.8, 4) is 0 Å². The number of benzene rings is 1. The molecule has 4 heterocycles. The predicted molar refractivity (Wildman–Crippen MR) is 125 cm³/mol. The van der Waals surface area contributed by atoms with Gasteiger partial charge in [-0.3, -0.25) is 24.8 Å². The van der Waals surface area contributed by atoms with Crippen LogP contribution in [0.1, 0.15) is 76.6 Å². The van der Waals surface area contributed by atoms with Crippen molar-refractivity contribution in [2.45, 2.75) is 84.0 Å². The fourth-order valence-electron chi connectivity index (χ4n) is 5.50. The summed E-state index contributed by atoms with van der Waals surface area (Å²) in [6, 6.07) is 5.83. The second kappa shape index (κ2) is 8.44. The number of amides is 2. The molecule has 3 aliphatic heterocycles. The van der Waals surface area contributed by atoms with E-state index in [0.717, 1.165) is 19.5 Å². The second-order valence-electron chi connectivity index (χ2n) is 9.63. The van der Waals surface area contributed by atoms with Crippen molar-refractivity contribution in [3.05, 3.63) is 40.8 Å². The van der Waals surface area contributed by atoms with Crippen LogP contribution in [0.4, 0.5) is 4.39 Å². The third kappa shape index (κ3) is 3.75. The molecule has 0 spiro atoms. The van der Waals surface area contributed by atoms with Gasteiger partial charge in [0.2, 0.25) is 11.8 Å². The molecule has 33 heavy (non-hydrogen) atoms. The number of piperidine rings is 2. The summed E-state index contributed by atoms with van der Waals surface area (Å²) >= 11 is 0. The van der Waals surface area contributed by atoms with Gasteiger partial charge in [-0.05, 0) is 58.2 Å². The number of nitrogens with one attached hydrogen (secondary N) is 1. The smallest absolute Gasteiger partial charge is 0.234 e. The molecule has 3 fully saturated rings. The molecule has 1 aromatic heterocycles. The lowest BCUT2D eigenvalue weighted by Crippen LogP contribution is -2.47. The minimum absolute atomic E-state index is 0.266. The van der Waals surface area contributed by atoms with Crippen molar-refractivity contribution in [1.82, 2.24) is 15.2 Å². The van der Waals surface area contributed by atoms with Gasteiger partial charge in [0.15, 0.2) is 0 Å². The van der Waals surface area contributed by atoms with Gasteiger partial charge in [0.1, 0.15) is 17.0 Å². The molecule has 0 saturated carbocycles. The van der Waals surface area contributed by atoms with Gasteiger partial charge in [-0.15, -0.1) is 0 Å². The summed E-state index contributed by atoms with van der Waals surface area (Å²) < 4.78 is 22.1. The topological polar surface area (TPSA) is 74.8 Å². The van der Waals surface area contributed by atoms with Gasteiger partial charge in [-0.2, -0.15) is 0 Å². The Bertz CT molecular complexity index is 1120. The predicted octanol–water partition coefficient (Wildman–Crippen LogP) is 4.33. The highest BCUT2D eigenvalue weighted by Gasteiger charge is 2.70. The molecule has 7 heteroatoms. The molecular formula is C26H34FN3O3. The number of ether oxygens (including phenoxy) is 1. The standard InChI is InChI=1S/C24H28FN3O3.C2H6/c1-13(2)28-10-9-24(23(4,12-28)31-24)18-6-7-19-17(21(18)25)11-16(14(3)26-19)15-5-8-20(29)27-22(15)30;1-2/h6-7,11,13,15H,5,8-10,12H2,1-4H3,(H,27,29,30);1-2H3. The average Bonchev–Trinajstić information content (AvgIpc) is 3.41. The average molecular weight is 456 g/mol. The summed E-state index contributed by atoms with van der Waals surface area (Å²) in [6.45, 7) is 13.9. The Labute approximate surface area is 194 Å². The zero-order chi connectivity index (χ0) is 24.1. The van der Waals surface area contributed by atoms with Gasteiger partial charge in [-0.1, -0.05) is 19.9 Å². The molecule has 3 unspecified atom stereocenters. The van der Waals surface area contributed by atoms with E-state index in [-0.39, 0.29) is 24.1 Å². The van der Waals surface area contributed by atoms with Crippen molar-refractivity contribution in [3.63, 3.8) is 0 Å². The number of hydrogen-bond donors (Lipinski definition) is 1. The Morgan fingerprint density at radius 3 is 2.64 bits per heavy atom. The maximum Gasteiger partial charge on any atom is 0.234 e. The van der Waals surface area contributed by atoms with Crippen LogP contribution in [0.5, 0.6) is 0 Å². The molecule has 0 bridgehead atoms. The van der Waals surface area contributed by atoms with Crippen molar-refractivity contribution >= 4 is 22.7 Å². The highest BCUT2D eigenvalue weighted by atomic mass is 19.1. The Morgan fingerprint density at radius 2 is 2.00 bits per heavy atom. The molecule has 0 radical (unpaired) electrons. The van der Waals surface area contributed by atoms with E-state index in [1.807, 2.05) is 32.9 Å². The number of hydrogen-bond acceptors (Lipinski definition) is 5. The van der Waals surface area contributed by atoms with Crippen LogP contribution in [0, 0.1) is 12.7 Å². The number of fused-ring (bicyclic) bond motifs is 2. The lowest BCUT2D eigenvalue weighted by molar-refractivity contribution is -0.134. The zero-order valence-electron chi connectivity index (χ0n) is 20.4. The Morgan fingerprint density at radius 1 is 1.27 bits per heavy atom. The summed E-state index contributed by atoms with van der Waals surface area (Å²) in [4.78, 5) is 30.9. The third-order valence-corrected chi connectivity index (χ3v) is 7.41. The molecule has 178 valence electrons. The number of halogens is 1. The number of carbonyl (C=O) groups excluding carboxylic acids is 2. The summed E-state index contributed by atoms with van der Waals surface area (Å²) in [5, 5.41) is 2.79. The van der Waals surface area contributed by atoms with Gasteiger partial charge >= 0.3 is 0 Å². The summed E-state index contributed by atoms with van der Waals surface area (Å²) in [5.74, 6) is -1.42. The first kappa shape index (κ1) is 23.8. The van der Waals surface area contributed by atoms with Crippen molar-refractivity contribution in [2.24, 2.45) is 0 Å². The molecule has 2 amide bonds. The van der Waals surface area contributed by atoms with Crippen LogP contribution in [-0.4, -0.2) is 46.4 Å². The number of nitrogens with zero attached hydrogens (tertiary/aromatic N) is 2. The number of epoxide rings is 1. The number of likely N-dealkylation sites (tertiary alicyclic amines) is 1. The van der Waals surface area contributed by atoms with Crippen molar-refractivity contribution in [2.75, 3.05) is 13.1 Å². The first-order valence-corrected chi connectivity index (χ1v) is 12.0. The van der Waals surface area contributed by atoms with E-state index in [4.69, 9.17) is 4.74 Å². The fourth-order valence-corrected chi connectivity index (χ4v) is 5.50. The van der Waals surface area contributed by atoms with E-state index in [9.17, 15) is 9.59 Å². The minimum atomic E-state index is -0.615. The quantitative estimate of drug-likeness (QED) is 0.551. The second-order valence-corrected chi connectivity index (χ2v) is 9.63. The summed E-state index contributed by atoms with van der Waals surface area (Å²) in [7, 11) is 0. The lowest BCUT2D eigenvalue weighted by Gasteiger charge is -2.35. The summed E-state index contributed by atoms with van der Waals surface area (Å²) in [6.07, 6.45) is 1.43. The maximum atomic E-state index is 15.9. The van der Waals surface area contributed by atoms with E-state index in [1.54, 1.807) is 6.07 Å². The molecule has 5 rings (SSSR count). The van der Waals surface area contributed by atoms with E-state index in [2.05, 4.69) is 36.0 Å². The molecule has 1 aromatic carbocycles. The SMILES string of the molecule is CC.Cc1nc2ccc(C34CCN(C(C)C)CC3(C)O4)c(F)c2cc1C1CCC(=O)NC1=O. The minimum Gasteiger partial charge on any atom is -0.356 e. The number of carbonyl (C=O) groups is 2. The lowest BCUT2D eigenvalue weighted by atomic mass is 9.80. The molecule has 0 aliphatic carbocycles. The molecule has 6 nitrogen and oxygen atoms in total. The Hall–Kier alpha value is -2.38. The molecule has 3 aliphatic rings. The largest absolute Gasteiger partial charge is 0.356 e. The molecular weight excluding hydrogens is 421 g/mol. The van der Waals surface area contributed by atoms with E-state index >= 15 is 4.39 Å². The Kier molecular flexibility index (Phi) is 6.08. The van der Waals surface area contributed by atoms with Crippen LogP contribution >= 0.6 is 0 Å². The molecule has 1 N–H and O–H groups in total. The van der Waals surface area contributed by atoms with Crippen LogP contribution in [0.15, 0.2) is 18.2 Å². The highest BCUT2D eigenvalue weighted by Crippen LogP contribution is 2.61. The van der Waals surface area contributed by atoms with Crippen LogP contribution in [0.3, 0.4) is 0 Å². The van der Waals surface area contributed by atoms with Gasteiger partial charge in [0.05, 0.1) is 11.4 Å². The fraction of sp³-hybridized carbons (Fsp3) is 0.577. The number of aryl methyl sites for hydroxylation is 1. The third-order valence-electron chi connectivity index (χ3n) is 7.41. The first-order chi connectivity index (χ1) is 15.6. The number of rotatable bonds is 3. The number of pyridine rings is 1. The number of imide groups is 1. The first-order valence-electron chi connectivity index (χ1n) is 12.0. The van der Waals surface area contributed by atoms with E-state index in [0.29, 0.717) is 40.2 Å². The molecule has 3 saturated heterocycles. The number of aromatic nitrogens is 1. The van der Waals surface area contributed by atoms with Gasteiger partial charge in [-0.25, -0.2) is 4.39 Å².